The summed E-state index contributed by atoms with van der Waals surface area (Å²) in [6.45, 7) is 3.72. The maximum absolute atomic E-state index is 9.88. The zero-order valence-corrected chi connectivity index (χ0v) is 10.9. The first kappa shape index (κ1) is 11.7. The number of aliphatic hydroxyl groups excluding tert-OH is 1. The molecule has 1 aromatic rings. The Kier molecular flexibility index (Phi) is 3.40. The predicted octanol–water partition coefficient (Wildman–Crippen LogP) is 2.24. The van der Waals surface area contributed by atoms with Crippen LogP contribution in [0.1, 0.15) is 13.3 Å². The van der Waals surface area contributed by atoms with Gasteiger partial charge in [0.25, 0.3) is 0 Å². The summed E-state index contributed by atoms with van der Waals surface area (Å²) in [5, 5.41) is 9.88. The lowest BCUT2D eigenvalue weighted by Crippen LogP contribution is -2.43. The molecule has 3 N–H and O–H groups in total. The van der Waals surface area contributed by atoms with Gasteiger partial charge >= 0.3 is 0 Å². The van der Waals surface area contributed by atoms with E-state index in [0.717, 1.165) is 28.8 Å². The SMILES string of the molecule is CC1CCN(c2cc(Br)ccc2N)CC1O. The molecule has 0 radical (unpaired) electrons. The van der Waals surface area contributed by atoms with Gasteiger partial charge in [-0.25, -0.2) is 0 Å². The summed E-state index contributed by atoms with van der Waals surface area (Å²) in [7, 11) is 0. The molecule has 2 atom stereocenters. The van der Waals surface area contributed by atoms with Gasteiger partial charge in [-0.05, 0) is 30.5 Å². The van der Waals surface area contributed by atoms with Gasteiger partial charge < -0.3 is 15.7 Å². The van der Waals surface area contributed by atoms with Crippen LogP contribution >= 0.6 is 15.9 Å². The second-order valence-electron chi connectivity index (χ2n) is 4.48. The molecule has 16 heavy (non-hydrogen) atoms. The summed E-state index contributed by atoms with van der Waals surface area (Å²) >= 11 is 3.45. The molecule has 1 heterocycles. The van der Waals surface area contributed by atoms with Crippen molar-refractivity contribution in [1.29, 1.82) is 0 Å². The largest absolute Gasteiger partial charge is 0.397 e. The van der Waals surface area contributed by atoms with Crippen molar-refractivity contribution in [2.45, 2.75) is 19.4 Å². The number of rotatable bonds is 1. The Morgan fingerprint density at radius 2 is 2.25 bits per heavy atom. The number of halogens is 1. The van der Waals surface area contributed by atoms with Crippen LogP contribution in [0.4, 0.5) is 11.4 Å². The van der Waals surface area contributed by atoms with Crippen molar-refractivity contribution in [3.63, 3.8) is 0 Å². The number of aliphatic hydroxyl groups is 1. The first-order valence-corrected chi connectivity index (χ1v) is 6.35. The Morgan fingerprint density at radius 1 is 1.50 bits per heavy atom. The molecular formula is C12H17BrN2O. The Hall–Kier alpha value is -0.740. The Balaban J connectivity index is 2.21. The Bertz CT molecular complexity index is 383. The highest BCUT2D eigenvalue weighted by Gasteiger charge is 2.25. The predicted molar refractivity (Wildman–Crippen MR) is 70.6 cm³/mol. The molecule has 0 spiro atoms. The highest BCUT2D eigenvalue weighted by Crippen LogP contribution is 2.30. The van der Waals surface area contributed by atoms with E-state index in [1.54, 1.807) is 0 Å². The molecule has 88 valence electrons. The fourth-order valence-corrected chi connectivity index (χ4v) is 2.41. The minimum absolute atomic E-state index is 0.257. The summed E-state index contributed by atoms with van der Waals surface area (Å²) in [6.07, 6.45) is 0.750. The zero-order chi connectivity index (χ0) is 11.7. The quantitative estimate of drug-likeness (QED) is 0.778. The average molecular weight is 285 g/mol. The summed E-state index contributed by atoms with van der Waals surface area (Å²) < 4.78 is 1.02. The van der Waals surface area contributed by atoms with Gasteiger partial charge in [-0.1, -0.05) is 22.9 Å². The minimum atomic E-state index is -0.257. The van der Waals surface area contributed by atoms with E-state index in [1.807, 2.05) is 18.2 Å². The third-order valence-electron chi connectivity index (χ3n) is 3.25. The lowest BCUT2D eigenvalue weighted by Gasteiger charge is -2.36. The van der Waals surface area contributed by atoms with Gasteiger partial charge in [0.15, 0.2) is 0 Å². The average Bonchev–Trinajstić information content (AvgIpc) is 2.26. The van der Waals surface area contributed by atoms with Crippen molar-refractivity contribution < 1.29 is 5.11 Å². The lowest BCUT2D eigenvalue weighted by molar-refractivity contribution is 0.103. The maximum atomic E-state index is 9.88. The van der Waals surface area contributed by atoms with Crippen molar-refractivity contribution in [1.82, 2.24) is 0 Å². The second kappa shape index (κ2) is 4.63. The molecule has 0 aliphatic carbocycles. The van der Waals surface area contributed by atoms with Crippen molar-refractivity contribution in [2.24, 2.45) is 5.92 Å². The van der Waals surface area contributed by atoms with Crippen molar-refractivity contribution in [2.75, 3.05) is 23.7 Å². The van der Waals surface area contributed by atoms with E-state index in [2.05, 4.69) is 27.8 Å². The van der Waals surface area contributed by atoms with Gasteiger partial charge in [0, 0.05) is 17.6 Å². The van der Waals surface area contributed by atoms with Crippen LogP contribution < -0.4 is 10.6 Å². The number of β-amino-alcohol motifs (C(OH)–C–C–N with tert-alkyl or cyclic N) is 1. The van der Waals surface area contributed by atoms with Crippen LogP contribution in [-0.4, -0.2) is 24.3 Å². The van der Waals surface area contributed by atoms with E-state index < -0.39 is 0 Å². The summed E-state index contributed by atoms with van der Waals surface area (Å²) in [4.78, 5) is 2.16. The van der Waals surface area contributed by atoms with E-state index >= 15 is 0 Å². The fraction of sp³-hybridized carbons (Fsp3) is 0.500. The van der Waals surface area contributed by atoms with Gasteiger partial charge in [0.1, 0.15) is 0 Å². The van der Waals surface area contributed by atoms with Crippen molar-refractivity contribution in [3.05, 3.63) is 22.7 Å². The third kappa shape index (κ3) is 2.33. The van der Waals surface area contributed by atoms with E-state index in [9.17, 15) is 5.11 Å². The van der Waals surface area contributed by atoms with Crippen LogP contribution in [0.3, 0.4) is 0 Å². The normalized spacial score (nSPS) is 25.8. The van der Waals surface area contributed by atoms with E-state index in [1.165, 1.54) is 0 Å². The molecule has 1 fully saturated rings. The topological polar surface area (TPSA) is 49.5 Å². The second-order valence-corrected chi connectivity index (χ2v) is 5.40. The Morgan fingerprint density at radius 3 is 2.94 bits per heavy atom. The smallest absolute Gasteiger partial charge is 0.0741 e. The van der Waals surface area contributed by atoms with E-state index in [-0.39, 0.29) is 6.10 Å². The molecule has 1 aromatic carbocycles. The van der Waals surface area contributed by atoms with Gasteiger partial charge in [-0.15, -0.1) is 0 Å². The number of benzene rings is 1. The number of anilines is 2. The molecule has 3 nitrogen and oxygen atoms in total. The van der Waals surface area contributed by atoms with Crippen molar-refractivity contribution >= 4 is 27.3 Å². The summed E-state index contributed by atoms with van der Waals surface area (Å²) in [5.41, 5.74) is 7.74. The van der Waals surface area contributed by atoms with Crippen LogP contribution in [0, 0.1) is 5.92 Å². The van der Waals surface area contributed by atoms with Gasteiger partial charge in [-0.3, -0.25) is 0 Å². The summed E-state index contributed by atoms with van der Waals surface area (Å²) in [5.74, 6) is 0.379. The molecule has 0 aromatic heterocycles. The Labute approximate surface area is 104 Å². The van der Waals surface area contributed by atoms with Crippen LogP contribution in [0.2, 0.25) is 0 Å². The van der Waals surface area contributed by atoms with E-state index in [4.69, 9.17) is 5.73 Å². The molecule has 1 aliphatic heterocycles. The zero-order valence-electron chi connectivity index (χ0n) is 9.36. The molecule has 0 saturated carbocycles. The molecule has 4 heteroatoms. The van der Waals surface area contributed by atoms with Gasteiger partial charge in [-0.2, -0.15) is 0 Å². The lowest BCUT2D eigenvalue weighted by atomic mass is 9.95. The highest BCUT2D eigenvalue weighted by molar-refractivity contribution is 9.10. The number of hydrogen-bond donors (Lipinski definition) is 2. The number of nitrogen functional groups attached to an aromatic ring is 1. The first-order chi connectivity index (χ1) is 7.58. The standard InChI is InChI=1S/C12H17BrN2O/c1-8-4-5-15(7-12(8)16)11-6-9(13)2-3-10(11)14/h2-3,6,8,12,16H,4-5,7,14H2,1H3. The molecule has 1 aliphatic rings. The summed E-state index contributed by atoms with van der Waals surface area (Å²) in [6, 6.07) is 5.84. The molecule has 0 bridgehead atoms. The first-order valence-electron chi connectivity index (χ1n) is 5.56. The maximum Gasteiger partial charge on any atom is 0.0741 e. The van der Waals surface area contributed by atoms with Crippen LogP contribution in [0.25, 0.3) is 0 Å². The minimum Gasteiger partial charge on any atom is -0.397 e. The molecule has 1 saturated heterocycles. The third-order valence-corrected chi connectivity index (χ3v) is 3.75. The number of piperidine rings is 1. The van der Waals surface area contributed by atoms with Crippen LogP contribution in [-0.2, 0) is 0 Å². The fourth-order valence-electron chi connectivity index (χ4n) is 2.06. The molecule has 2 unspecified atom stereocenters. The molecular weight excluding hydrogens is 268 g/mol. The van der Waals surface area contributed by atoms with Crippen LogP contribution in [0.15, 0.2) is 22.7 Å². The van der Waals surface area contributed by atoms with Crippen molar-refractivity contribution in [3.8, 4) is 0 Å². The highest BCUT2D eigenvalue weighted by atomic mass is 79.9. The monoisotopic (exact) mass is 284 g/mol. The van der Waals surface area contributed by atoms with Gasteiger partial charge in [0.05, 0.1) is 17.5 Å². The van der Waals surface area contributed by atoms with Crippen LogP contribution in [0.5, 0.6) is 0 Å². The molecule has 2 rings (SSSR count). The van der Waals surface area contributed by atoms with E-state index in [0.29, 0.717) is 12.5 Å². The molecule has 0 amide bonds. The number of hydrogen-bond acceptors (Lipinski definition) is 3. The number of nitrogens with two attached hydrogens (primary N) is 1. The van der Waals surface area contributed by atoms with Gasteiger partial charge in [0.2, 0.25) is 0 Å². The number of nitrogens with zero attached hydrogens (tertiary/aromatic N) is 1.